The monoisotopic (exact) mass is 374 g/mol. The fraction of sp³-hybridized carbons (Fsp3) is 0.421. The van der Waals surface area contributed by atoms with Gasteiger partial charge in [-0.1, -0.05) is 41.4 Å². The van der Waals surface area contributed by atoms with Crippen LogP contribution in [0.25, 0.3) is 0 Å². The number of hydrogen-bond donors (Lipinski definition) is 1. The molecule has 26 heavy (non-hydrogen) atoms. The van der Waals surface area contributed by atoms with Crippen molar-refractivity contribution in [3.05, 3.63) is 51.8 Å². The van der Waals surface area contributed by atoms with Crippen molar-refractivity contribution in [1.29, 1.82) is 0 Å². The number of hydrogen-bond acceptors (Lipinski definition) is 3. The van der Waals surface area contributed by atoms with Gasteiger partial charge >= 0.3 is 0 Å². The zero-order chi connectivity index (χ0) is 18.8. The van der Waals surface area contributed by atoms with Crippen molar-refractivity contribution in [2.75, 3.05) is 13.6 Å². The van der Waals surface area contributed by atoms with E-state index in [0.29, 0.717) is 23.0 Å². The molecule has 1 N–H and O–H groups in total. The Labute approximate surface area is 158 Å². The van der Waals surface area contributed by atoms with Crippen LogP contribution in [0.4, 0.5) is 0 Å². The Morgan fingerprint density at radius 1 is 1.27 bits per heavy atom. The first-order valence-electron chi connectivity index (χ1n) is 8.68. The molecule has 138 valence electrons. The molecule has 1 heterocycles. The average molecular weight is 375 g/mol. The average Bonchev–Trinajstić information content (AvgIpc) is 3.34. The maximum atomic E-state index is 12.7. The van der Waals surface area contributed by atoms with Crippen molar-refractivity contribution < 1.29 is 9.59 Å². The summed E-state index contributed by atoms with van der Waals surface area (Å²) in [5, 5.41) is 7.58. The van der Waals surface area contributed by atoms with Crippen LogP contribution in [-0.2, 0) is 11.3 Å². The zero-order valence-electron chi connectivity index (χ0n) is 15.3. The van der Waals surface area contributed by atoms with Crippen LogP contribution in [0.1, 0.15) is 40.0 Å². The van der Waals surface area contributed by atoms with Gasteiger partial charge in [-0.15, -0.1) is 0 Å². The number of nitrogens with one attached hydrogen (secondary N) is 1. The number of aryl methyl sites for hydroxylation is 2. The summed E-state index contributed by atoms with van der Waals surface area (Å²) in [7, 11) is 1.60. The Kier molecular flexibility index (Phi) is 5.32. The number of aromatic nitrogens is 2. The number of likely N-dealkylation sites (N-methyl/N-ethyl adjacent to an activating group) is 1. The summed E-state index contributed by atoms with van der Waals surface area (Å²) in [6.45, 7) is 4.27. The van der Waals surface area contributed by atoms with Crippen LogP contribution in [0, 0.1) is 13.8 Å². The molecule has 1 fully saturated rings. The van der Waals surface area contributed by atoms with E-state index in [1.807, 2.05) is 31.2 Å². The van der Waals surface area contributed by atoms with Gasteiger partial charge in [0.1, 0.15) is 5.15 Å². The predicted octanol–water partition coefficient (Wildman–Crippen LogP) is 2.55. The van der Waals surface area contributed by atoms with Gasteiger partial charge in [-0.25, -0.2) is 4.68 Å². The highest BCUT2D eigenvalue weighted by molar-refractivity contribution is 6.33. The van der Waals surface area contributed by atoms with Crippen LogP contribution in [-0.4, -0.2) is 46.1 Å². The second kappa shape index (κ2) is 7.50. The third-order valence-electron chi connectivity index (χ3n) is 4.40. The fourth-order valence-corrected chi connectivity index (χ4v) is 3.06. The smallest absolute Gasteiger partial charge is 0.259 e. The third kappa shape index (κ3) is 4.25. The van der Waals surface area contributed by atoms with E-state index >= 15 is 0 Å². The van der Waals surface area contributed by atoms with Crippen LogP contribution < -0.4 is 5.32 Å². The molecule has 0 spiro atoms. The minimum Gasteiger partial charge on any atom is -0.352 e. The lowest BCUT2D eigenvalue weighted by atomic mass is 10.1. The topological polar surface area (TPSA) is 67.2 Å². The van der Waals surface area contributed by atoms with E-state index in [1.54, 1.807) is 18.7 Å². The first-order valence-corrected chi connectivity index (χ1v) is 9.06. The van der Waals surface area contributed by atoms with Crippen molar-refractivity contribution in [3.63, 3.8) is 0 Å². The van der Waals surface area contributed by atoms with Crippen LogP contribution in [0.5, 0.6) is 0 Å². The number of nitrogens with zero attached hydrogens (tertiary/aromatic N) is 3. The van der Waals surface area contributed by atoms with Gasteiger partial charge in [-0.05, 0) is 32.3 Å². The second-order valence-corrected chi connectivity index (χ2v) is 7.26. The SMILES string of the molecule is Cc1ccc(Cn2nc(C)c(C(=O)N(C)CC(=O)NC3CC3)c2Cl)cc1. The summed E-state index contributed by atoms with van der Waals surface area (Å²) in [4.78, 5) is 26.0. The number of benzene rings is 1. The molecular weight excluding hydrogens is 352 g/mol. The van der Waals surface area contributed by atoms with E-state index in [-0.39, 0.29) is 24.4 Å². The van der Waals surface area contributed by atoms with Crippen LogP contribution >= 0.6 is 11.6 Å². The summed E-state index contributed by atoms with van der Waals surface area (Å²) in [5.41, 5.74) is 3.14. The van der Waals surface area contributed by atoms with Crippen molar-refractivity contribution in [2.24, 2.45) is 0 Å². The fourth-order valence-electron chi connectivity index (χ4n) is 2.75. The summed E-state index contributed by atoms with van der Waals surface area (Å²) in [6.07, 6.45) is 2.03. The molecule has 1 aromatic carbocycles. The normalized spacial score (nSPS) is 13.5. The molecular formula is C19H23ClN4O2. The van der Waals surface area contributed by atoms with Gasteiger partial charge in [0, 0.05) is 13.1 Å². The highest BCUT2D eigenvalue weighted by Crippen LogP contribution is 2.23. The largest absolute Gasteiger partial charge is 0.352 e. The summed E-state index contributed by atoms with van der Waals surface area (Å²) in [6, 6.07) is 8.35. The van der Waals surface area contributed by atoms with Crippen molar-refractivity contribution in [3.8, 4) is 0 Å². The molecule has 0 saturated heterocycles. The molecule has 0 atom stereocenters. The number of carbonyl (C=O) groups excluding carboxylic acids is 2. The van der Waals surface area contributed by atoms with Gasteiger partial charge in [-0.2, -0.15) is 5.10 Å². The third-order valence-corrected chi connectivity index (χ3v) is 4.79. The molecule has 1 aliphatic rings. The molecule has 3 rings (SSSR count). The summed E-state index contributed by atoms with van der Waals surface area (Å²) >= 11 is 6.43. The van der Waals surface area contributed by atoms with Gasteiger partial charge in [0.15, 0.2) is 0 Å². The van der Waals surface area contributed by atoms with Crippen molar-refractivity contribution in [2.45, 2.75) is 39.3 Å². The van der Waals surface area contributed by atoms with Gasteiger partial charge in [-0.3, -0.25) is 9.59 Å². The lowest BCUT2D eigenvalue weighted by molar-refractivity contribution is -0.121. The molecule has 0 bridgehead atoms. The molecule has 2 aromatic rings. The van der Waals surface area contributed by atoms with E-state index in [1.165, 1.54) is 10.5 Å². The molecule has 1 saturated carbocycles. The molecule has 6 nitrogen and oxygen atoms in total. The Morgan fingerprint density at radius 2 is 1.92 bits per heavy atom. The zero-order valence-corrected chi connectivity index (χ0v) is 16.0. The predicted molar refractivity (Wildman–Crippen MR) is 100 cm³/mol. The second-order valence-electron chi connectivity index (χ2n) is 6.90. The molecule has 7 heteroatoms. The van der Waals surface area contributed by atoms with E-state index in [4.69, 9.17) is 11.6 Å². The van der Waals surface area contributed by atoms with Gasteiger partial charge in [0.2, 0.25) is 5.91 Å². The number of amides is 2. The summed E-state index contributed by atoms with van der Waals surface area (Å²) < 4.78 is 1.62. The van der Waals surface area contributed by atoms with Gasteiger partial charge in [0.25, 0.3) is 5.91 Å². The van der Waals surface area contributed by atoms with Crippen LogP contribution in [0.2, 0.25) is 5.15 Å². The van der Waals surface area contributed by atoms with Crippen molar-refractivity contribution in [1.82, 2.24) is 20.0 Å². The maximum Gasteiger partial charge on any atom is 0.259 e. The standard InChI is InChI=1S/C19H23ClN4O2/c1-12-4-6-14(7-5-12)10-24-18(20)17(13(2)22-24)19(26)23(3)11-16(25)21-15-8-9-15/h4-7,15H,8-11H2,1-3H3,(H,21,25). The van der Waals surface area contributed by atoms with Crippen LogP contribution in [0.15, 0.2) is 24.3 Å². The lowest BCUT2D eigenvalue weighted by Gasteiger charge is -2.16. The molecule has 0 radical (unpaired) electrons. The first-order chi connectivity index (χ1) is 12.3. The van der Waals surface area contributed by atoms with Crippen molar-refractivity contribution >= 4 is 23.4 Å². The minimum atomic E-state index is -0.298. The number of halogens is 1. The highest BCUT2D eigenvalue weighted by Gasteiger charge is 2.27. The first kappa shape index (κ1) is 18.5. The highest BCUT2D eigenvalue weighted by atomic mass is 35.5. The molecule has 1 aromatic heterocycles. The Balaban J connectivity index is 1.72. The molecule has 2 amide bonds. The van der Waals surface area contributed by atoms with E-state index < -0.39 is 0 Å². The lowest BCUT2D eigenvalue weighted by Crippen LogP contribution is -2.39. The summed E-state index contributed by atoms with van der Waals surface area (Å²) in [5.74, 6) is -0.447. The Bertz CT molecular complexity index is 825. The van der Waals surface area contributed by atoms with Gasteiger partial charge in [0.05, 0.1) is 24.3 Å². The minimum absolute atomic E-state index is 0.00818. The van der Waals surface area contributed by atoms with E-state index in [0.717, 1.165) is 18.4 Å². The maximum absolute atomic E-state index is 12.7. The van der Waals surface area contributed by atoms with E-state index in [9.17, 15) is 9.59 Å². The van der Waals surface area contributed by atoms with Crippen LogP contribution in [0.3, 0.4) is 0 Å². The quantitative estimate of drug-likeness (QED) is 0.844. The number of carbonyl (C=O) groups is 2. The molecule has 0 aliphatic heterocycles. The van der Waals surface area contributed by atoms with E-state index in [2.05, 4.69) is 10.4 Å². The molecule has 1 aliphatic carbocycles. The molecule has 0 unspecified atom stereocenters. The van der Waals surface area contributed by atoms with Gasteiger partial charge < -0.3 is 10.2 Å². The Hall–Kier alpha value is -2.34. The number of rotatable bonds is 6. The Morgan fingerprint density at radius 3 is 2.54 bits per heavy atom.